The van der Waals surface area contributed by atoms with E-state index in [2.05, 4.69) is 22.4 Å². The lowest BCUT2D eigenvalue weighted by atomic mass is 10.2. The Morgan fingerprint density at radius 2 is 2.06 bits per heavy atom. The Labute approximate surface area is 113 Å². The summed E-state index contributed by atoms with van der Waals surface area (Å²) in [5.41, 5.74) is 0. The molecule has 3 nitrogen and oxygen atoms in total. The normalized spacial score (nSPS) is 16.9. The molecule has 1 amide bonds. The van der Waals surface area contributed by atoms with E-state index in [1.807, 2.05) is 11.9 Å². The molecular weight excluding hydrogens is 244 g/mol. The molecule has 1 fully saturated rings. The van der Waals surface area contributed by atoms with Gasteiger partial charge in [-0.15, -0.1) is 11.3 Å². The summed E-state index contributed by atoms with van der Waals surface area (Å²) in [6, 6.07) is 4.18. The number of hydrogen-bond acceptors (Lipinski definition) is 3. The molecule has 1 aliphatic heterocycles. The van der Waals surface area contributed by atoms with E-state index in [4.69, 9.17) is 0 Å². The highest BCUT2D eigenvalue weighted by Crippen LogP contribution is 2.12. The van der Waals surface area contributed by atoms with Gasteiger partial charge in [0.15, 0.2) is 0 Å². The Balaban J connectivity index is 1.78. The molecule has 1 aromatic heterocycles. The van der Waals surface area contributed by atoms with Gasteiger partial charge in [0.1, 0.15) is 0 Å². The number of likely N-dealkylation sites (tertiary alicyclic amines) is 1. The quantitative estimate of drug-likeness (QED) is 0.836. The molecule has 1 saturated heterocycles. The summed E-state index contributed by atoms with van der Waals surface area (Å²) in [6.45, 7) is 3.31. The van der Waals surface area contributed by atoms with Crippen molar-refractivity contribution < 1.29 is 4.79 Å². The molecule has 0 unspecified atom stereocenters. The first-order valence-corrected chi connectivity index (χ1v) is 7.62. The zero-order chi connectivity index (χ0) is 12.8. The molecule has 1 aliphatic rings. The smallest absolute Gasteiger partial charge is 0.236 e. The molecule has 2 rings (SSSR count). The maximum Gasteiger partial charge on any atom is 0.236 e. The second-order valence-electron chi connectivity index (χ2n) is 5.05. The summed E-state index contributed by atoms with van der Waals surface area (Å²) in [6.07, 6.45) is 4.88. The van der Waals surface area contributed by atoms with Crippen LogP contribution in [0.4, 0.5) is 0 Å². The Kier molecular flexibility index (Phi) is 5.20. The van der Waals surface area contributed by atoms with E-state index in [0.29, 0.717) is 6.54 Å². The summed E-state index contributed by atoms with van der Waals surface area (Å²) in [5.74, 6) is 0.288. The summed E-state index contributed by atoms with van der Waals surface area (Å²) < 4.78 is 0. The third-order valence-corrected chi connectivity index (χ3v) is 4.23. The third kappa shape index (κ3) is 4.10. The van der Waals surface area contributed by atoms with Crippen LogP contribution in [-0.2, 0) is 11.3 Å². The zero-order valence-electron chi connectivity index (χ0n) is 11.1. The van der Waals surface area contributed by atoms with E-state index < -0.39 is 0 Å². The average molecular weight is 266 g/mol. The van der Waals surface area contributed by atoms with Crippen molar-refractivity contribution in [3.8, 4) is 0 Å². The topological polar surface area (TPSA) is 23.6 Å². The van der Waals surface area contributed by atoms with Crippen LogP contribution in [0.1, 0.15) is 30.6 Å². The Hall–Kier alpha value is -0.870. The molecule has 0 N–H and O–H groups in total. The Bertz CT molecular complexity index is 356. The fraction of sp³-hybridized carbons (Fsp3) is 0.643. The van der Waals surface area contributed by atoms with Crippen molar-refractivity contribution in [3.63, 3.8) is 0 Å². The standard InChI is InChI=1S/C14H22N2OS/c1-15(11-13-7-6-10-18-13)12-14(17)16-8-4-2-3-5-9-16/h6-7,10H,2-5,8-9,11-12H2,1H3. The van der Waals surface area contributed by atoms with Gasteiger partial charge in [0.2, 0.25) is 5.91 Å². The van der Waals surface area contributed by atoms with E-state index in [1.165, 1.54) is 30.6 Å². The largest absolute Gasteiger partial charge is 0.342 e. The summed E-state index contributed by atoms with van der Waals surface area (Å²) >= 11 is 1.75. The molecule has 0 atom stereocenters. The van der Waals surface area contributed by atoms with Crippen LogP contribution < -0.4 is 0 Å². The van der Waals surface area contributed by atoms with Gasteiger partial charge in [-0.2, -0.15) is 0 Å². The van der Waals surface area contributed by atoms with Crippen LogP contribution in [0.2, 0.25) is 0 Å². The van der Waals surface area contributed by atoms with Gasteiger partial charge in [-0.05, 0) is 31.3 Å². The van der Waals surface area contributed by atoms with Crippen molar-refractivity contribution in [2.45, 2.75) is 32.2 Å². The van der Waals surface area contributed by atoms with Gasteiger partial charge < -0.3 is 4.90 Å². The number of carbonyl (C=O) groups excluding carboxylic acids is 1. The molecule has 0 saturated carbocycles. The van der Waals surface area contributed by atoms with Crippen LogP contribution in [-0.4, -0.2) is 42.4 Å². The van der Waals surface area contributed by atoms with Crippen LogP contribution in [0.3, 0.4) is 0 Å². The number of likely N-dealkylation sites (N-methyl/N-ethyl adjacent to an activating group) is 1. The highest BCUT2D eigenvalue weighted by Gasteiger charge is 2.17. The van der Waals surface area contributed by atoms with Crippen LogP contribution >= 0.6 is 11.3 Å². The summed E-state index contributed by atoms with van der Waals surface area (Å²) in [5, 5.41) is 2.08. The predicted molar refractivity (Wildman–Crippen MR) is 75.7 cm³/mol. The van der Waals surface area contributed by atoms with E-state index in [1.54, 1.807) is 11.3 Å². The van der Waals surface area contributed by atoms with Crippen LogP contribution in [0.25, 0.3) is 0 Å². The van der Waals surface area contributed by atoms with E-state index >= 15 is 0 Å². The number of rotatable bonds is 4. The highest BCUT2D eigenvalue weighted by molar-refractivity contribution is 7.09. The van der Waals surface area contributed by atoms with Crippen molar-refractivity contribution in [1.29, 1.82) is 0 Å². The van der Waals surface area contributed by atoms with Gasteiger partial charge in [-0.1, -0.05) is 18.9 Å². The predicted octanol–water partition coefficient (Wildman–Crippen LogP) is 2.58. The molecule has 100 valence electrons. The summed E-state index contributed by atoms with van der Waals surface area (Å²) in [4.78, 5) is 17.6. The van der Waals surface area contributed by atoms with E-state index in [-0.39, 0.29) is 5.91 Å². The zero-order valence-corrected chi connectivity index (χ0v) is 11.9. The maximum absolute atomic E-state index is 12.2. The minimum absolute atomic E-state index is 0.288. The lowest BCUT2D eigenvalue weighted by Gasteiger charge is -2.23. The SMILES string of the molecule is CN(CC(=O)N1CCCCCC1)Cc1cccs1. The molecule has 0 bridgehead atoms. The lowest BCUT2D eigenvalue weighted by molar-refractivity contribution is -0.132. The van der Waals surface area contributed by atoms with Crippen molar-refractivity contribution in [3.05, 3.63) is 22.4 Å². The fourth-order valence-electron chi connectivity index (χ4n) is 2.38. The molecule has 1 aromatic rings. The molecule has 0 radical (unpaired) electrons. The van der Waals surface area contributed by atoms with Crippen LogP contribution in [0.15, 0.2) is 17.5 Å². The van der Waals surface area contributed by atoms with Crippen LogP contribution in [0.5, 0.6) is 0 Å². The van der Waals surface area contributed by atoms with Crippen LogP contribution in [0, 0.1) is 0 Å². The number of thiophene rings is 1. The minimum Gasteiger partial charge on any atom is -0.342 e. The van der Waals surface area contributed by atoms with Crippen molar-refractivity contribution in [2.75, 3.05) is 26.7 Å². The number of hydrogen-bond donors (Lipinski definition) is 0. The average Bonchev–Trinajstić information content (AvgIpc) is 2.68. The number of nitrogens with zero attached hydrogens (tertiary/aromatic N) is 2. The molecular formula is C14H22N2OS. The van der Waals surface area contributed by atoms with Gasteiger partial charge in [-0.25, -0.2) is 0 Å². The van der Waals surface area contributed by atoms with Gasteiger partial charge in [-0.3, -0.25) is 9.69 Å². The van der Waals surface area contributed by atoms with Crippen molar-refractivity contribution in [1.82, 2.24) is 9.80 Å². The lowest BCUT2D eigenvalue weighted by Crippen LogP contribution is -2.39. The first kappa shape index (κ1) is 13.6. The fourth-order valence-corrected chi connectivity index (χ4v) is 3.16. The van der Waals surface area contributed by atoms with Gasteiger partial charge in [0.25, 0.3) is 0 Å². The second kappa shape index (κ2) is 6.90. The van der Waals surface area contributed by atoms with Gasteiger partial charge in [0.05, 0.1) is 6.54 Å². The number of amides is 1. The summed E-state index contributed by atoms with van der Waals surface area (Å²) in [7, 11) is 2.02. The maximum atomic E-state index is 12.2. The first-order chi connectivity index (χ1) is 8.75. The molecule has 0 aliphatic carbocycles. The highest BCUT2D eigenvalue weighted by atomic mass is 32.1. The van der Waals surface area contributed by atoms with Gasteiger partial charge >= 0.3 is 0 Å². The minimum atomic E-state index is 0.288. The van der Waals surface area contributed by atoms with Crippen molar-refractivity contribution in [2.24, 2.45) is 0 Å². The monoisotopic (exact) mass is 266 g/mol. The first-order valence-electron chi connectivity index (χ1n) is 6.74. The number of carbonyl (C=O) groups is 1. The molecule has 0 aromatic carbocycles. The van der Waals surface area contributed by atoms with Gasteiger partial charge in [0, 0.05) is 24.5 Å². The third-order valence-electron chi connectivity index (χ3n) is 3.37. The Morgan fingerprint density at radius 1 is 1.33 bits per heavy atom. The molecule has 4 heteroatoms. The molecule has 0 spiro atoms. The van der Waals surface area contributed by atoms with E-state index in [9.17, 15) is 4.79 Å². The van der Waals surface area contributed by atoms with E-state index in [0.717, 1.165) is 19.6 Å². The Morgan fingerprint density at radius 3 is 2.67 bits per heavy atom. The second-order valence-corrected chi connectivity index (χ2v) is 6.08. The van der Waals surface area contributed by atoms with Crippen molar-refractivity contribution >= 4 is 17.2 Å². The molecule has 2 heterocycles. The molecule has 18 heavy (non-hydrogen) atoms.